The van der Waals surface area contributed by atoms with Crippen molar-refractivity contribution in [2.45, 2.75) is 52.1 Å². The number of piperazine rings is 1. The Hall–Kier alpha value is -3.26. The minimum atomic E-state index is -0.390. The van der Waals surface area contributed by atoms with Crippen molar-refractivity contribution in [1.29, 1.82) is 0 Å². The van der Waals surface area contributed by atoms with Crippen LogP contribution in [0.2, 0.25) is 0 Å². The molecule has 5 rings (SSSR count). The maximum Gasteiger partial charge on any atom is 0.275 e. The van der Waals surface area contributed by atoms with Gasteiger partial charge in [0, 0.05) is 56.2 Å². The van der Waals surface area contributed by atoms with Gasteiger partial charge in [0.15, 0.2) is 0 Å². The first-order valence-corrected chi connectivity index (χ1v) is 12.5. The summed E-state index contributed by atoms with van der Waals surface area (Å²) in [4.78, 5) is 34.4. The molecule has 2 amide bonds. The van der Waals surface area contributed by atoms with E-state index in [4.69, 9.17) is 0 Å². The van der Waals surface area contributed by atoms with Gasteiger partial charge in [-0.25, -0.2) is 9.37 Å². The summed E-state index contributed by atoms with van der Waals surface area (Å²) in [5, 5.41) is 2.84. The largest absolute Gasteiger partial charge is 0.337 e. The van der Waals surface area contributed by atoms with Crippen LogP contribution in [0.3, 0.4) is 0 Å². The van der Waals surface area contributed by atoms with Crippen molar-refractivity contribution < 1.29 is 14.0 Å². The molecule has 184 valence electrons. The monoisotopic (exact) mass is 477 g/mol. The number of rotatable bonds is 5. The third kappa shape index (κ3) is 4.93. The second-order valence-electron chi connectivity index (χ2n) is 9.88. The lowest BCUT2D eigenvalue weighted by atomic mass is 10.0. The number of benzene rings is 1. The highest BCUT2D eigenvalue weighted by atomic mass is 19.1. The Morgan fingerprint density at radius 1 is 1.17 bits per heavy atom. The summed E-state index contributed by atoms with van der Waals surface area (Å²) < 4.78 is 16.3. The topological polar surface area (TPSA) is 70.0 Å². The fraction of sp³-hybridized carbons (Fsp3) is 0.444. The molecule has 2 aromatic heterocycles. The molecule has 1 aromatic carbocycles. The molecule has 0 radical (unpaired) electrons. The van der Waals surface area contributed by atoms with E-state index in [1.54, 1.807) is 10.6 Å². The fourth-order valence-corrected chi connectivity index (χ4v) is 5.41. The molecular weight excluding hydrogens is 445 g/mol. The molecule has 1 N–H and O–H groups in total. The summed E-state index contributed by atoms with van der Waals surface area (Å²) in [5.74, 6) is -0.276. The van der Waals surface area contributed by atoms with Gasteiger partial charge in [-0.15, -0.1) is 0 Å². The van der Waals surface area contributed by atoms with Crippen LogP contribution in [-0.4, -0.2) is 56.7 Å². The molecule has 1 atom stereocenters. The van der Waals surface area contributed by atoms with E-state index in [1.807, 2.05) is 36.2 Å². The fourth-order valence-electron chi connectivity index (χ4n) is 5.41. The summed E-state index contributed by atoms with van der Waals surface area (Å²) in [6, 6.07) is 8.57. The zero-order chi connectivity index (χ0) is 24.5. The lowest BCUT2D eigenvalue weighted by Crippen LogP contribution is -2.54. The zero-order valence-electron chi connectivity index (χ0n) is 20.3. The number of pyridine rings is 1. The predicted octanol–water partition coefficient (Wildman–Crippen LogP) is 4.26. The van der Waals surface area contributed by atoms with Crippen molar-refractivity contribution in [3.63, 3.8) is 0 Å². The van der Waals surface area contributed by atoms with E-state index >= 15 is 0 Å². The Morgan fingerprint density at radius 2 is 1.97 bits per heavy atom. The van der Waals surface area contributed by atoms with E-state index in [0.717, 1.165) is 49.9 Å². The number of halogens is 1. The first kappa shape index (κ1) is 23.5. The van der Waals surface area contributed by atoms with Crippen molar-refractivity contribution in [1.82, 2.24) is 19.2 Å². The molecule has 1 aliphatic heterocycles. The molecule has 0 spiro atoms. The average Bonchev–Trinajstić information content (AvgIpc) is 3.52. The molecule has 3 aromatic rings. The molecule has 2 aliphatic rings. The van der Waals surface area contributed by atoms with Gasteiger partial charge in [0.05, 0.1) is 0 Å². The molecule has 1 unspecified atom stereocenters. The van der Waals surface area contributed by atoms with Crippen LogP contribution >= 0.6 is 0 Å². The van der Waals surface area contributed by atoms with Crippen LogP contribution in [0, 0.1) is 18.7 Å². The maximum absolute atomic E-state index is 14.6. The Bertz CT molecular complexity index is 1220. The number of fused-ring (bicyclic) bond motifs is 1. The third-order valence-electron chi connectivity index (χ3n) is 7.42. The van der Waals surface area contributed by atoms with Gasteiger partial charge in [-0.05, 0) is 62.1 Å². The molecule has 1 aliphatic carbocycles. The van der Waals surface area contributed by atoms with Crippen molar-refractivity contribution in [2.24, 2.45) is 5.92 Å². The van der Waals surface area contributed by atoms with E-state index in [9.17, 15) is 14.0 Å². The standard InChI is InChI=1S/C27H32FN5O2/c1-18-15-31(11-12-33(18)27(35)20-7-3-4-8-20)16-21-13-22(28)14-23(19(21)2)30-26(34)24-17-32-10-6-5-9-25(32)29-24/h5-6,9-10,13-14,17-18,20H,3-4,7-8,11-12,15-16H2,1-2H3,(H,30,34). The third-order valence-corrected chi connectivity index (χ3v) is 7.42. The highest BCUT2D eigenvalue weighted by Gasteiger charge is 2.33. The highest BCUT2D eigenvalue weighted by molar-refractivity contribution is 6.03. The van der Waals surface area contributed by atoms with E-state index in [-0.39, 0.29) is 29.4 Å². The van der Waals surface area contributed by atoms with E-state index in [0.29, 0.717) is 30.3 Å². The number of hydrogen-bond acceptors (Lipinski definition) is 4. The number of nitrogens with zero attached hydrogens (tertiary/aromatic N) is 4. The SMILES string of the molecule is Cc1c(CN2CCN(C(=O)C3CCCC3)C(C)C2)cc(F)cc1NC(=O)c1cn2ccccc2n1. The lowest BCUT2D eigenvalue weighted by Gasteiger charge is -2.41. The van der Waals surface area contributed by atoms with Crippen LogP contribution in [0.5, 0.6) is 0 Å². The molecule has 35 heavy (non-hydrogen) atoms. The van der Waals surface area contributed by atoms with Gasteiger partial charge in [-0.1, -0.05) is 18.9 Å². The van der Waals surface area contributed by atoms with E-state index < -0.39 is 0 Å². The first-order valence-electron chi connectivity index (χ1n) is 12.5. The second kappa shape index (κ2) is 9.77. The van der Waals surface area contributed by atoms with Crippen molar-refractivity contribution >= 4 is 23.1 Å². The van der Waals surface area contributed by atoms with Crippen LogP contribution in [0.25, 0.3) is 5.65 Å². The molecule has 0 bridgehead atoms. The minimum absolute atomic E-state index is 0.125. The van der Waals surface area contributed by atoms with Gasteiger partial charge >= 0.3 is 0 Å². The van der Waals surface area contributed by atoms with Crippen LogP contribution < -0.4 is 5.32 Å². The predicted molar refractivity (Wildman–Crippen MR) is 133 cm³/mol. The number of amides is 2. The zero-order valence-corrected chi connectivity index (χ0v) is 20.3. The first-order chi connectivity index (χ1) is 16.9. The Balaban J connectivity index is 1.26. The molecule has 3 heterocycles. The molecule has 2 fully saturated rings. The van der Waals surface area contributed by atoms with Gasteiger partial charge in [-0.2, -0.15) is 0 Å². The number of anilines is 1. The number of carbonyl (C=O) groups excluding carboxylic acids is 2. The van der Waals surface area contributed by atoms with Gasteiger partial charge in [0.2, 0.25) is 5.91 Å². The van der Waals surface area contributed by atoms with Gasteiger partial charge in [0.1, 0.15) is 17.2 Å². The smallest absolute Gasteiger partial charge is 0.275 e. The normalized spacial score (nSPS) is 19.4. The molecule has 1 saturated heterocycles. The van der Waals surface area contributed by atoms with Crippen LogP contribution in [0.4, 0.5) is 10.1 Å². The highest BCUT2D eigenvalue weighted by Crippen LogP contribution is 2.29. The van der Waals surface area contributed by atoms with Crippen molar-refractivity contribution in [3.8, 4) is 0 Å². The van der Waals surface area contributed by atoms with Gasteiger partial charge in [0.25, 0.3) is 5.91 Å². The summed E-state index contributed by atoms with van der Waals surface area (Å²) in [5.41, 5.74) is 3.07. The number of hydrogen-bond donors (Lipinski definition) is 1. The van der Waals surface area contributed by atoms with Crippen LogP contribution in [-0.2, 0) is 11.3 Å². The quantitative estimate of drug-likeness (QED) is 0.596. The van der Waals surface area contributed by atoms with Crippen LogP contribution in [0.1, 0.15) is 54.2 Å². The minimum Gasteiger partial charge on any atom is -0.337 e. The Kier molecular flexibility index (Phi) is 6.56. The number of imidazole rings is 1. The summed E-state index contributed by atoms with van der Waals surface area (Å²) in [6.07, 6.45) is 7.81. The van der Waals surface area contributed by atoms with Crippen molar-refractivity contribution in [3.05, 3.63) is 65.4 Å². The second-order valence-corrected chi connectivity index (χ2v) is 9.88. The maximum atomic E-state index is 14.6. The molecule has 7 nitrogen and oxygen atoms in total. The Morgan fingerprint density at radius 3 is 2.71 bits per heavy atom. The summed E-state index contributed by atoms with van der Waals surface area (Å²) in [7, 11) is 0. The Labute approximate surface area is 204 Å². The number of carbonyl (C=O) groups is 2. The average molecular weight is 478 g/mol. The summed E-state index contributed by atoms with van der Waals surface area (Å²) >= 11 is 0. The van der Waals surface area contributed by atoms with Crippen LogP contribution in [0.15, 0.2) is 42.7 Å². The number of aromatic nitrogens is 2. The number of nitrogens with one attached hydrogen (secondary N) is 1. The molecular formula is C27H32FN5O2. The lowest BCUT2D eigenvalue weighted by molar-refractivity contribution is -0.140. The van der Waals surface area contributed by atoms with E-state index in [1.165, 1.54) is 12.1 Å². The van der Waals surface area contributed by atoms with E-state index in [2.05, 4.69) is 22.1 Å². The van der Waals surface area contributed by atoms with Gasteiger partial charge < -0.3 is 14.6 Å². The molecule has 8 heteroatoms. The molecule has 1 saturated carbocycles. The van der Waals surface area contributed by atoms with Crippen molar-refractivity contribution in [2.75, 3.05) is 25.0 Å². The summed E-state index contributed by atoms with van der Waals surface area (Å²) in [6.45, 7) is 6.76. The van der Waals surface area contributed by atoms with Gasteiger partial charge in [-0.3, -0.25) is 14.5 Å².